The molecule has 152 valence electrons. The van der Waals surface area contributed by atoms with Crippen LogP contribution in [0.5, 0.6) is 0 Å². The topological polar surface area (TPSA) is 71.8 Å². The van der Waals surface area contributed by atoms with Gasteiger partial charge in [-0.2, -0.15) is 0 Å². The van der Waals surface area contributed by atoms with E-state index in [0.29, 0.717) is 11.2 Å². The van der Waals surface area contributed by atoms with Crippen LogP contribution >= 0.6 is 12.4 Å². The second-order valence-electron chi connectivity index (χ2n) is 6.76. The number of carboxylic acid groups (broad SMARTS) is 1. The monoisotopic (exact) mass is 418 g/mol. The first-order chi connectivity index (χ1) is 13.5. The van der Waals surface area contributed by atoms with E-state index in [2.05, 4.69) is 4.90 Å². The minimum absolute atomic E-state index is 0. The van der Waals surface area contributed by atoms with Crippen LogP contribution in [-0.2, 0) is 11.3 Å². The van der Waals surface area contributed by atoms with E-state index in [1.165, 1.54) is 18.3 Å². The molecular formula is C21H20ClFN2O4. The van der Waals surface area contributed by atoms with E-state index >= 15 is 0 Å². The van der Waals surface area contributed by atoms with Gasteiger partial charge in [-0.25, -0.2) is 9.18 Å². The maximum Gasteiger partial charge on any atom is 0.341 e. The van der Waals surface area contributed by atoms with Gasteiger partial charge in [-0.1, -0.05) is 12.1 Å². The smallest absolute Gasteiger partial charge is 0.341 e. The molecule has 0 atom stereocenters. The number of benzene rings is 2. The van der Waals surface area contributed by atoms with Crippen molar-refractivity contribution in [1.82, 2.24) is 9.47 Å². The summed E-state index contributed by atoms with van der Waals surface area (Å²) in [6.07, 6.45) is 1.25. The van der Waals surface area contributed by atoms with Gasteiger partial charge in [-0.15, -0.1) is 12.4 Å². The van der Waals surface area contributed by atoms with Gasteiger partial charge in [-0.3, -0.25) is 9.69 Å². The third kappa shape index (κ3) is 4.32. The molecule has 1 aliphatic heterocycles. The van der Waals surface area contributed by atoms with Crippen LogP contribution in [0.3, 0.4) is 0 Å². The Morgan fingerprint density at radius 1 is 1.10 bits per heavy atom. The highest BCUT2D eigenvalue weighted by Gasteiger charge is 2.16. The van der Waals surface area contributed by atoms with Crippen LogP contribution in [0.25, 0.3) is 16.6 Å². The van der Waals surface area contributed by atoms with Gasteiger partial charge in [-0.05, 0) is 35.9 Å². The summed E-state index contributed by atoms with van der Waals surface area (Å²) in [5, 5.41) is 9.54. The predicted octanol–water partition coefficient (Wildman–Crippen LogP) is 3.08. The molecule has 0 amide bonds. The molecule has 0 saturated carbocycles. The number of pyridine rings is 1. The molecule has 0 aliphatic carbocycles. The first kappa shape index (κ1) is 21.0. The number of carboxylic acids is 1. The zero-order chi connectivity index (χ0) is 19.7. The maximum atomic E-state index is 13.8. The number of carbonyl (C=O) groups is 1. The van der Waals surface area contributed by atoms with E-state index in [0.717, 1.165) is 44.5 Å². The van der Waals surface area contributed by atoms with Crippen molar-refractivity contribution >= 4 is 29.3 Å². The number of fused-ring (bicyclic) bond motifs is 1. The summed E-state index contributed by atoms with van der Waals surface area (Å²) in [5.74, 6) is -1.80. The van der Waals surface area contributed by atoms with Crippen molar-refractivity contribution < 1.29 is 19.0 Å². The second kappa shape index (κ2) is 8.73. The molecule has 0 radical (unpaired) electrons. The summed E-state index contributed by atoms with van der Waals surface area (Å²) in [4.78, 5) is 26.2. The van der Waals surface area contributed by atoms with Gasteiger partial charge < -0.3 is 14.4 Å². The van der Waals surface area contributed by atoms with Crippen molar-refractivity contribution in [3.8, 4) is 5.69 Å². The Kier molecular flexibility index (Phi) is 6.32. The number of aromatic carboxylic acids is 1. The standard InChI is InChI=1S/C21H19FN2O4.ClH/c22-15-3-6-17-19(11-15)24(13-18(20(17)25)21(26)27)16-4-1-14(2-5-16)12-23-7-9-28-10-8-23;/h1-6,11,13H,7-10,12H2,(H,26,27);1H. The average molecular weight is 419 g/mol. The van der Waals surface area contributed by atoms with Gasteiger partial charge in [0.25, 0.3) is 0 Å². The minimum Gasteiger partial charge on any atom is -0.477 e. The van der Waals surface area contributed by atoms with E-state index in [1.54, 1.807) is 4.57 Å². The molecule has 8 heteroatoms. The highest BCUT2D eigenvalue weighted by Crippen LogP contribution is 2.20. The molecule has 1 aliphatic rings. The van der Waals surface area contributed by atoms with Crippen LogP contribution in [-0.4, -0.2) is 46.8 Å². The van der Waals surface area contributed by atoms with Crippen molar-refractivity contribution in [3.05, 3.63) is 75.8 Å². The summed E-state index contributed by atoms with van der Waals surface area (Å²) in [6, 6.07) is 11.3. The maximum absolute atomic E-state index is 13.8. The van der Waals surface area contributed by atoms with Crippen LogP contribution < -0.4 is 5.43 Å². The Labute approximate surface area is 172 Å². The highest BCUT2D eigenvalue weighted by atomic mass is 35.5. The highest BCUT2D eigenvalue weighted by molar-refractivity contribution is 5.93. The first-order valence-electron chi connectivity index (χ1n) is 9.00. The molecule has 2 aromatic carbocycles. The van der Waals surface area contributed by atoms with Crippen LogP contribution in [0.15, 0.2) is 53.5 Å². The number of ether oxygens (including phenoxy) is 1. The lowest BCUT2D eigenvalue weighted by atomic mass is 10.1. The molecule has 4 rings (SSSR count). The van der Waals surface area contributed by atoms with Gasteiger partial charge in [0.05, 0.1) is 18.7 Å². The Balaban J connectivity index is 0.00000240. The van der Waals surface area contributed by atoms with Gasteiger partial charge in [0.2, 0.25) is 5.43 Å². The fraction of sp³-hybridized carbons (Fsp3) is 0.238. The van der Waals surface area contributed by atoms with Crippen molar-refractivity contribution in [2.75, 3.05) is 26.3 Å². The van der Waals surface area contributed by atoms with Crippen LogP contribution in [0.2, 0.25) is 0 Å². The Morgan fingerprint density at radius 3 is 2.45 bits per heavy atom. The van der Waals surface area contributed by atoms with E-state index in [1.807, 2.05) is 24.3 Å². The van der Waals surface area contributed by atoms with E-state index in [9.17, 15) is 19.1 Å². The Morgan fingerprint density at radius 2 is 1.79 bits per heavy atom. The third-order valence-corrected chi connectivity index (χ3v) is 4.92. The summed E-state index contributed by atoms with van der Waals surface area (Å²) >= 11 is 0. The molecule has 1 saturated heterocycles. The molecule has 0 unspecified atom stereocenters. The number of hydrogen-bond acceptors (Lipinski definition) is 4. The summed E-state index contributed by atoms with van der Waals surface area (Å²) in [6.45, 7) is 4.01. The van der Waals surface area contributed by atoms with E-state index in [-0.39, 0.29) is 23.4 Å². The normalized spacial score (nSPS) is 14.5. The molecule has 1 aromatic heterocycles. The van der Waals surface area contributed by atoms with Crippen molar-refractivity contribution in [3.63, 3.8) is 0 Å². The van der Waals surface area contributed by atoms with Gasteiger partial charge in [0.15, 0.2) is 0 Å². The quantitative estimate of drug-likeness (QED) is 0.705. The zero-order valence-electron chi connectivity index (χ0n) is 15.5. The number of nitrogens with zero attached hydrogens (tertiary/aromatic N) is 2. The lowest BCUT2D eigenvalue weighted by molar-refractivity contribution is 0.0342. The second-order valence-corrected chi connectivity index (χ2v) is 6.76. The SMILES string of the molecule is Cl.O=C(O)c1cn(-c2ccc(CN3CCOCC3)cc2)c2cc(F)ccc2c1=O. The number of halogens is 2. The molecule has 1 N–H and O–H groups in total. The molecular weight excluding hydrogens is 399 g/mol. The van der Waals surface area contributed by atoms with E-state index in [4.69, 9.17) is 4.74 Å². The van der Waals surface area contributed by atoms with Crippen molar-refractivity contribution in [1.29, 1.82) is 0 Å². The lowest BCUT2D eigenvalue weighted by Gasteiger charge is -2.26. The third-order valence-electron chi connectivity index (χ3n) is 4.92. The van der Waals surface area contributed by atoms with E-state index < -0.39 is 17.2 Å². The Bertz CT molecular complexity index is 1090. The summed E-state index contributed by atoms with van der Waals surface area (Å²) < 4.78 is 20.7. The van der Waals surface area contributed by atoms with Crippen molar-refractivity contribution in [2.24, 2.45) is 0 Å². The molecule has 1 fully saturated rings. The number of rotatable bonds is 4. The van der Waals surface area contributed by atoms with Crippen LogP contribution in [0, 0.1) is 5.82 Å². The number of morpholine rings is 1. The minimum atomic E-state index is -1.31. The molecule has 2 heterocycles. The summed E-state index contributed by atoms with van der Waals surface area (Å²) in [5.41, 5.74) is 1.12. The fourth-order valence-electron chi connectivity index (χ4n) is 3.44. The van der Waals surface area contributed by atoms with Gasteiger partial charge in [0, 0.05) is 36.9 Å². The largest absolute Gasteiger partial charge is 0.477 e. The average Bonchev–Trinajstić information content (AvgIpc) is 2.69. The van der Waals surface area contributed by atoms with Crippen molar-refractivity contribution in [2.45, 2.75) is 6.54 Å². The van der Waals surface area contributed by atoms with Gasteiger partial charge in [0.1, 0.15) is 11.4 Å². The molecule has 0 bridgehead atoms. The molecule has 0 spiro atoms. The fourth-order valence-corrected chi connectivity index (χ4v) is 3.44. The van der Waals surface area contributed by atoms with Crippen LogP contribution in [0.4, 0.5) is 4.39 Å². The molecule has 6 nitrogen and oxygen atoms in total. The zero-order valence-corrected chi connectivity index (χ0v) is 16.3. The predicted molar refractivity (Wildman–Crippen MR) is 110 cm³/mol. The summed E-state index contributed by atoms with van der Waals surface area (Å²) in [7, 11) is 0. The van der Waals surface area contributed by atoms with Gasteiger partial charge >= 0.3 is 5.97 Å². The first-order valence-corrected chi connectivity index (χ1v) is 9.00. The van der Waals surface area contributed by atoms with Crippen LogP contribution in [0.1, 0.15) is 15.9 Å². The lowest BCUT2D eigenvalue weighted by Crippen LogP contribution is -2.35. The number of hydrogen-bond donors (Lipinski definition) is 1. The number of aromatic nitrogens is 1. The molecule has 3 aromatic rings. The Hall–Kier alpha value is -2.74. The molecule has 29 heavy (non-hydrogen) atoms.